The van der Waals surface area contributed by atoms with Crippen LogP contribution in [0.4, 0.5) is 11.6 Å². The van der Waals surface area contributed by atoms with Crippen LogP contribution >= 0.6 is 0 Å². The molecule has 1 aliphatic carbocycles. The number of carbonyl (C=O) groups is 2. The number of pyridine rings is 1. The Bertz CT molecular complexity index is 1310. The van der Waals surface area contributed by atoms with E-state index in [1.165, 1.54) is 12.8 Å². The van der Waals surface area contributed by atoms with E-state index >= 15 is 0 Å². The Morgan fingerprint density at radius 3 is 2.62 bits per heavy atom. The molecule has 9 heteroatoms. The number of nitrogens with one attached hydrogen (secondary N) is 3. The Balaban J connectivity index is 1.21. The number of amides is 2. The molecule has 5 rings (SSSR count). The van der Waals surface area contributed by atoms with Gasteiger partial charge in [-0.15, -0.1) is 0 Å². The summed E-state index contributed by atoms with van der Waals surface area (Å²) in [5.74, 6) is 1.08. The molecular weight excluding hydrogens is 492 g/mol. The van der Waals surface area contributed by atoms with E-state index in [0.717, 1.165) is 55.2 Å². The summed E-state index contributed by atoms with van der Waals surface area (Å²) in [5.41, 5.74) is 3.88. The normalized spacial score (nSPS) is 16.9. The van der Waals surface area contributed by atoms with Crippen LogP contribution in [0, 0.1) is 5.92 Å². The number of nitrogens with zero attached hydrogens (tertiary/aromatic N) is 3. The van der Waals surface area contributed by atoms with E-state index < -0.39 is 0 Å². The molecule has 3 aromatic rings. The predicted octanol–water partition coefficient (Wildman–Crippen LogP) is 4.55. The first-order valence-electron chi connectivity index (χ1n) is 13.7. The number of rotatable bonds is 10. The number of benzene rings is 1. The molecule has 3 heterocycles. The average Bonchev–Trinajstić information content (AvgIpc) is 3.68. The number of hydrogen-bond acceptors (Lipinski definition) is 6. The van der Waals surface area contributed by atoms with E-state index in [9.17, 15) is 9.59 Å². The lowest BCUT2D eigenvalue weighted by Crippen LogP contribution is -2.36. The van der Waals surface area contributed by atoms with Crippen LogP contribution in [-0.2, 0) is 14.3 Å². The van der Waals surface area contributed by atoms with Crippen LogP contribution in [0.5, 0.6) is 0 Å². The fraction of sp³-hybridized carbons (Fsp3) is 0.400. The zero-order valence-corrected chi connectivity index (χ0v) is 22.5. The summed E-state index contributed by atoms with van der Waals surface area (Å²) in [4.78, 5) is 32.2. The number of aromatic nitrogens is 3. The summed E-state index contributed by atoms with van der Waals surface area (Å²) in [6.45, 7) is 8.04. The van der Waals surface area contributed by atoms with Crippen molar-refractivity contribution in [2.75, 3.05) is 43.5 Å². The minimum Gasteiger partial charge on any atom is -0.379 e. The van der Waals surface area contributed by atoms with Crippen LogP contribution in [0.2, 0.25) is 0 Å². The Morgan fingerprint density at radius 2 is 1.90 bits per heavy atom. The molecule has 1 unspecified atom stereocenters. The number of aromatic amines is 1. The summed E-state index contributed by atoms with van der Waals surface area (Å²) >= 11 is 0. The first kappa shape index (κ1) is 26.8. The number of anilines is 2. The monoisotopic (exact) mass is 528 g/mol. The van der Waals surface area contributed by atoms with Gasteiger partial charge >= 0.3 is 0 Å². The van der Waals surface area contributed by atoms with Crippen molar-refractivity contribution in [3.05, 3.63) is 72.1 Å². The van der Waals surface area contributed by atoms with Gasteiger partial charge in [0.2, 0.25) is 11.8 Å². The highest BCUT2D eigenvalue weighted by Gasteiger charge is 2.28. The smallest absolute Gasteiger partial charge is 0.249 e. The zero-order valence-electron chi connectivity index (χ0n) is 22.5. The lowest BCUT2D eigenvalue weighted by Gasteiger charge is -2.24. The highest BCUT2D eigenvalue weighted by atomic mass is 16.5. The second-order valence-corrected chi connectivity index (χ2v) is 10.6. The van der Waals surface area contributed by atoms with Gasteiger partial charge < -0.3 is 15.4 Å². The van der Waals surface area contributed by atoms with Crippen molar-refractivity contribution in [3.63, 3.8) is 0 Å². The maximum absolute atomic E-state index is 13.3. The fourth-order valence-corrected chi connectivity index (χ4v) is 4.86. The molecule has 0 spiro atoms. The van der Waals surface area contributed by atoms with Crippen LogP contribution in [0.15, 0.2) is 60.8 Å². The second-order valence-electron chi connectivity index (χ2n) is 10.6. The van der Waals surface area contributed by atoms with Crippen LogP contribution in [0.3, 0.4) is 0 Å². The maximum atomic E-state index is 13.3. The van der Waals surface area contributed by atoms with Crippen molar-refractivity contribution in [1.82, 2.24) is 20.1 Å². The van der Waals surface area contributed by atoms with Gasteiger partial charge in [0.25, 0.3) is 0 Å². The average molecular weight is 529 g/mol. The molecule has 39 heavy (non-hydrogen) atoms. The molecule has 9 nitrogen and oxygen atoms in total. The van der Waals surface area contributed by atoms with Crippen molar-refractivity contribution in [1.29, 1.82) is 0 Å². The Morgan fingerprint density at radius 1 is 1.08 bits per heavy atom. The first-order valence-corrected chi connectivity index (χ1v) is 13.7. The molecule has 2 amide bonds. The van der Waals surface area contributed by atoms with Gasteiger partial charge in [-0.1, -0.05) is 44.2 Å². The number of carbonyl (C=O) groups excluding carboxylic acids is 2. The van der Waals surface area contributed by atoms with Gasteiger partial charge in [0.1, 0.15) is 5.82 Å². The minimum atomic E-state index is -0.332. The van der Waals surface area contributed by atoms with Crippen molar-refractivity contribution >= 4 is 23.5 Å². The van der Waals surface area contributed by atoms with Gasteiger partial charge in [0.15, 0.2) is 5.82 Å². The molecule has 1 saturated carbocycles. The van der Waals surface area contributed by atoms with E-state index in [1.807, 2.05) is 56.3 Å². The lowest BCUT2D eigenvalue weighted by molar-refractivity contribution is -0.118. The van der Waals surface area contributed by atoms with Crippen LogP contribution < -0.4 is 10.6 Å². The van der Waals surface area contributed by atoms with Crippen LogP contribution in [-0.4, -0.2) is 64.7 Å². The van der Waals surface area contributed by atoms with Crippen molar-refractivity contribution in [2.24, 2.45) is 5.92 Å². The van der Waals surface area contributed by atoms with Gasteiger partial charge in [-0.25, -0.2) is 4.98 Å². The number of hydrogen-bond donors (Lipinski definition) is 3. The van der Waals surface area contributed by atoms with Crippen molar-refractivity contribution in [2.45, 2.75) is 38.5 Å². The Hall–Kier alpha value is -3.82. The summed E-state index contributed by atoms with van der Waals surface area (Å²) in [6, 6.07) is 13.6. The van der Waals surface area contributed by atoms with E-state index in [4.69, 9.17) is 4.74 Å². The number of ether oxygens (including phenoxy) is 1. The highest BCUT2D eigenvalue weighted by Crippen LogP contribution is 2.39. The topological polar surface area (TPSA) is 112 Å². The van der Waals surface area contributed by atoms with Gasteiger partial charge in [0, 0.05) is 55.1 Å². The minimum absolute atomic E-state index is 0.0751. The molecule has 2 fully saturated rings. The largest absolute Gasteiger partial charge is 0.379 e. The SMILES string of the molecule is CC(C)C(C(=O)Nc1cc(C2CC2)[nH]n1)c1cccc(-c2ccc(NC(=O)C=CCN3CCOCC3)nc2)c1. The van der Waals surface area contributed by atoms with Gasteiger partial charge in [0.05, 0.1) is 19.1 Å². The third kappa shape index (κ3) is 7.19. The highest BCUT2D eigenvalue weighted by molar-refractivity contribution is 5.98. The summed E-state index contributed by atoms with van der Waals surface area (Å²) in [6.07, 6.45) is 7.48. The summed E-state index contributed by atoms with van der Waals surface area (Å²) in [5, 5.41) is 13.1. The molecule has 2 aliphatic rings. The molecule has 1 aromatic carbocycles. The molecule has 0 radical (unpaired) electrons. The molecule has 3 N–H and O–H groups in total. The summed E-state index contributed by atoms with van der Waals surface area (Å²) < 4.78 is 5.34. The first-order chi connectivity index (χ1) is 19.0. The van der Waals surface area contributed by atoms with Gasteiger partial charge in [-0.2, -0.15) is 5.10 Å². The quantitative estimate of drug-likeness (QED) is 0.333. The molecule has 1 atom stereocenters. The third-order valence-corrected chi connectivity index (χ3v) is 7.15. The molecule has 1 aliphatic heterocycles. The predicted molar refractivity (Wildman–Crippen MR) is 151 cm³/mol. The van der Waals surface area contributed by atoms with Gasteiger partial charge in [-0.3, -0.25) is 19.6 Å². The molecule has 0 bridgehead atoms. The van der Waals surface area contributed by atoms with Gasteiger partial charge in [-0.05, 0) is 42.0 Å². The number of H-pyrrole nitrogens is 1. The van der Waals surface area contributed by atoms with E-state index in [-0.39, 0.29) is 23.7 Å². The molecule has 204 valence electrons. The number of morpholine rings is 1. The molecular formula is C30H36N6O3. The van der Waals surface area contributed by atoms with E-state index in [1.54, 1.807) is 18.3 Å². The second kappa shape index (κ2) is 12.4. The van der Waals surface area contributed by atoms with Crippen molar-refractivity contribution in [3.8, 4) is 11.1 Å². The third-order valence-electron chi connectivity index (χ3n) is 7.15. The molecule has 2 aromatic heterocycles. The maximum Gasteiger partial charge on any atom is 0.249 e. The Labute approximate surface area is 229 Å². The zero-order chi connectivity index (χ0) is 27.2. The van der Waals surface area contributed by atoms with Crippen LogP contribution in [0.1, 0.15) is 49.8 Å². The molecule has 1 saturated heterocycles. The fourth-order valence-electron chi connectivity index (χ4n) is 4.86. The standard InChI is InChI=1S/C30H36N6O3/c1-20(2)29(30(38)33-27-18-25(34-35-27)21-8-9-21)23-6-3-5-22(17-23)24-10-11-26(31-19-24)32-28(37)7-4-12-36-13-15-39-16-14-36/h3-7,10-11,17-21,29H,8-9,12-16H2,1-2H3,(H,31,32,37)(H2,33,34,35,38). The van der Waals surface area contributed by atoms with E-state index in [0.29, 0.717) is 17.6 Å². The van der Waals surface area contributed by atoms with Crippen LogP contribution in [0.25, 0.3) is 11.1 Å². The Kier molecular flexibility index (Phi) is 8.48. The van der Waals surface area contributed by atoms with Crippen molar-refractivity contribution < 1.29 is 14.3 Å². The summed E-state index contributed by atoms with van der Waals surface area (Å²) in [7, 11) is 0. The van der Waals surface area contributed by atoms with E-state index in [2.05, 4.69) is 30.7 Å². The lowest BCUT2D eigenvalue weighted by atomic mass is 9.86.